The van der Waals surface area contributed by atoms with E-state index in [0.29, 0.717) is 0 Å². The van der Waals surface area contributed by atoms with Crippen molar-refractivity contribution in [3.63, 3.8) is 0 Å². The third-order valence-corrected chi connectivity index (χ3v) is 0. The normalized spacial score (nSPS) is 0. The molecule has 0 spiro atoms. The van der Waals surface area contributed by atoms with Gasteiger partial charge in [0, 0.05) is 0 Å². The molecule has 0 aliphatic carbocycles. The molecule has 4 heavy (non-hydrogen) atoms. The van der Waals surface area contributed by atoms with Gasteiger partial charge in [-0.2, -0.15) is 0 Å². The first kappa shape index (κ1) is 57.5. The molecule has 0 aromatic rings. The molecule has 0 radical (unpaired) electrons. The first-order valence-electron chi connectivity index (χ1n) is 0. The van der Waals surface area contributed by atoms with Crippen LogP contribution >= 0.6 is 0 Å². The predicted molar refractivity (Wildman–Crippen MR) is 7.13 cm³/mol. The van der Waals surface area contributed by atoms with Gasteiger partial charge >= 0.3 is 42.9 Å². The second kappa shape index (κ2) is 27.5. The Balaban J connectivity index is 0. The van der Waals surface area contributed by atoms with Crippen molar-refractivity contribution in [2.24, 2.45) is 0 Å². The summed E-state index contributed by atoms with van der Waals surface area (Å²) in [5.41, 5.74) is 0. The minimum Gasteiger partial charge on any atom is -2.00 e. The second-order valence-corrected chi connectivity index (χ2v) is 0. The van der Waals surface area contributed by atoms with Gasteiger partial charge in [-0.15, -0.1) is 0 Å². The zero-order chi connectivity index (χ0) is 0. The van der Waals surface area contributed by atoms with E-state index >= 15 is 0 Å². The fourth-order valence-electron chi connectivity index (χ4n) is 0. The summed E-state index contributed by atoms with van der Waals surface area (Å²) < 4.78 is 0. The van der Waals surface area contributed by atoms with Crippen molar-refractivity contribution in [1.82, 2.24) is 0 Å². The van der Waals surface area contributed by atoms with Crippen LogP contribution in [0.15, 0.2) is 0 Å². The topological polar surface area (TPSA) is 57.0 Å². The molecule has 0 bridgehead atoms. The molecule has 22 valence electrons. The molecule has 0 aliphatic heterocycles. The van der Waals surface area contributed by atoms with E-state index in [4.69, 9.17) is 0 Å². The second-order valence-electron chi connectivity index (χ2n) is 0. The molecule has 2 nitrogen and oxygen atoms in total. The van der Waals surface area contributed by atoms with E-state index in [9.17, 15) is 0 Å². The molecular formula is FeInO2+. The zero-order valence-electron chi connectivity index (χ0n) is 1.75. The molecule has 0 amide bonds. The van der Waals surface area contributed by atoms with E-state index in [-0.39, 0.29) is 53.9 Å². The summed E-state index contributed by atoms with van der Waals surface area (Å²) in [5, 5.41) is 0. The van der Waals surface area contributed by atoms with E-state index in [1.807, 2.05) is 0 Å². The summed E-state index contributed by atoms with van der Waals surface area (Å²) in [4.78, 5) is 0. The van der Waals surface area contributed by atoms with Crippen LogP contribution in [-0.4, -0.2) is 25.8 Å². The molecule has 0 unspecified atom stereocenters. The van der Waals surface area contributed by atoms with Crippen molar-refractivity contribution in [3.8, 4) is 0 Å². The molecular weight excluding hydrogens is 203 g/mol. The Hall–Kier alpha value is 1.31. The van der Waals surface area contributed by atoms with Crippen LogP contribution in [0.1, 0.15) is 0 Å². The first-order chi connectivity index (χ1) is 0. The molecule has 0 atom stereocenters. The quantitative estimate of drug-likeness (QED) is 0.471. The van der Waals surface area contributed by atoms with Gasteiger partial charge in [0.05, 0.1) is 0 Å². The van der Waals surface area contributed by atoms with Crippen molar-refractivity contribution < 1.29 is 28.0 Å². The van der Waals surface area contributed by atoms with Gasteiger partial charge in [-0.05, 0) is 0 Å². The van der Waals surface area contributed by atoms with Gasteiger partial charge in [0.25, 0.3) is 0 Å². The average molecular weight is 203 g/mol. The Morgan fingerprint density at radius 3 is 0.750 bits per heavy atom. The SMILES string of the molecule is [Fe+2].[In+3].[O-2].[O-2]. The summed E-state index contributed by atoms with van der Waals surface area (Å²) in [6.45, 7) is 0. The van der Waals surface area contributed by atoms with Crippen molar-refractivity contribution in [3.05, 3.63) is 0 Å². The summed E-state index contributed by atoms with van der Waals surface area (Å²) in [6, 6.07) is 0. The van der Waals surface area contributed by atoms with E-state index in [1.165, 1.54) is 0 Å². The van der Waals surface area contributed by atoms with Gasteiger partial charge in [0.2, 0.25) is 0 Å². The minimum absolute atomic E-state index is 0. The van der Waals surface area contributed by atoms with Crippen LogP contribution in [0.25, 0.3) is 0 Å². The van der Waals surface area contributed by atoms with Gasteiger partial charge < -0.3 is 11.0 Å². The summed E-state index contributed by atoms with van der Waals surface area (Å²) in [7, 11) is 0. The number of hydrogen-bond acceptors (Lipinski definition) is 0. The third kappa shape index (κ3) is 10.3. The van der Waals surface area contributed by atoms with Gasteiger partial charge in [-0.25, -0.2) is 0 Å². The van der Waals surface area contributed by atoms with E-state index in [2.05, 4.69) is 0 Å². The van der Waals surface area contributed by atoms with E-state index in [1.54, 1.807) is 0 Å². The Bertz CT molecular complexity index is 6.00. The fourth-order valence-corrected chi connectivity index (χ4v) is 0. The Morgan fingerprint density at radius 2 is 0.750 bits per heavy atom. The molecule has 0 N–H and O–H groups in total. The molecule has 4 heteroatoms. The Morgan fingerprint density at radius 1 is 0.750 bits per heavy atom. The largest absolute Gasteiger partial charge is 3.00 e. The molecule has 0 fully saturated rings. The predicted octanol–water partition coefficient (Wildman–Crippen LogP) is -0.621. The molecule has 0 heterocycles. The molecule has 0 saturated heterocycles. The van der Waals surface area contributed by atoms with Crippen LogP contribution in [-0.2, 0) is 28.0 Å². The van der Waals surface area contributed by atoms with E-state index in [0.717, 1.165) is 0 Å². The van der Waals surface area contributed by atoms with Crippen molar-refractivity contribution >= 4 is 25.8 Å². The van der Waals surface area contributed by atoms with Crippen LogP contribution in [0.2, 0.25) is 0 Å². The van der Waals surface area contributed by atoms with Crippen molar-refractivity contribution in [1.29, 1.82) is 0 Å². The van der Waals surface area contributed by atoms with Crippen LogP contribution in [0.4, 0.5) is 0 Å². The molecule has 0 aliphatic rings. The number of rotatable bonds is 0. The van der Waals surface area contributed by atoms with Gasteiger partial charge in [0.1, 0.15) is 0 Å². The van der Waals surface area contributed by atoms with Crippen LogP contribution in [0.3, 0.4) is 0 Å². The van der Waals surface area contributed by atoms with Gasteiger partial charge in [-0.3, -0.25) is 0 Å². The van der Waals surface area contributed by atoms with Gasteiger partial charge in [0.15, 0.2) is 0 Å². The van der Waals surface area contributed by atoms with Crippen LogP contribution < -0.4 is 0 Å². The van der Waals surface area contributed by atoms with E-state index < -0.39 is 0 Å². The summed E-state index contributed by atoms with van der Waals surface area (Å²) >= 11 is 0. The molecule has 0 aromatic heterocycles. The van der Waals surface area contributed by atoms with Gasteiger partial charge in [-0.1, -0.05) is 0 Å². The number of hydrogen-bond donors (Lipinski definition) is 0. The maximum absolute atomic E-state index is 0. The fraction of sp³-hybridized carbons (Fsp3) is 0. The Kier molecular flexibility index (Phi) is 396. The minimum atomic E-state index is 0. The smallest absolute Gasteiger partial charge is 2.00 e. The van der Waals surface area contributed by atoms with Crippen molar-refractivity contribution in [2.45, 2.75) is 0 Å². The molecule has 0 aromatic carbocycles. The summed E-state index contributed by atoms with van der Waals surface area (Å²) in [5.74, 6) is 0. The molecule has 0 rings (SSSR count). The zero-order valence-corrected chi connectivity index (χ0v) is 6.15. The van der Waals surface area contributed by atoms with Crippen LogP contribution in [0, 0.1) is 0 Å². The monoisotopic (exact) mass is 203 g/mol. The Labute approximate surface area is 53.8 Å². The first-order valence-corrected chi connectivity index (χ1v) is 0. The third-order valence-electron chi connectivity index (χ3n) is 0. The maximum Gasteiger partial charge on any atom is 3.00 e. The molecule has 0 saturated carbocycles. The van der Waals surface area contributed by atoms with Crippen molar-refractivity contribution in [2.75, 3.05) is 0 Å². The standard InChI is InChI=1S/Fe.In.2O/q+2;+3;2*-2. The average Bonchev–Trinajstić information content (AvgIpc) is 0. The maximum atomic E-state index is 0. The summed E-state index contributed by atoms with van der Waals surface area (Å²) in [6.07, 6.45) is 0. The van der Waals surface area contributed by atoms with Crippen LogP contribution in [0.5, 0.6) is 0 Å².